The number of fused-ring (bicyclic) bond motifs is 5. The third-order valence-electron chi connectivity index (χ3n) is 4.69. The second kappa shape index (κ2) is 3.61. The van der Waals surface area contributed by atoms with Crippen LogP contribution in [0.5, 0.6) is 0 Å². The Hall–Kier alpha value is -0.780. The summed E-state index contributed by atoms with van der Waals surface area (Å²) in [5, 5.41) is 0. The van der Waals surface area contributed by atoms with Gasteiger partial charge in [-0.1, -0.05) is 32.0 Å². The first-order chi connectivity index (χ1) is 7.68. The molecule has 2 aliphatic carbocycles. The van der Waals surface area contributed by atoms with Crippen LogP contribution in [0.4, 0.5) is 0 Å². The molecular formula is C16H22. The predicted molar refractivity (Wildman–Crippen MR) is 68.8 cm³/mol. The minimum absolute atomic E-state index is 0.850. The molecule has 1 fully saturated rings. The van der Waals surface area contributed by atoms with Crippen molar-refractivity contribution in [1.29, 1.82) is 0 Å². The Morgan fingerprint density at radius 3 is 2.62 bits per heavy atom. The van der Waals surface area contributed by atoms with Gasteiger partial charge in [0, 0.05) is 0 Å². The number of hydrogen-bond acceptors (Lipinski definition) is 0. The number of aryl methyl sites for hydroxylation is 1. The molecule has 1 aromatic carbocycles. The molecule has 2 bridgehead atoms. The van der Waals surface area contributed by atoms with Gasteiger partial charge in [0.25, 0.3) is 0 Å². The van der Waals surface area contributed by atoms with E-state index >= 15 is 0 Å². The largest absolute Gasteiger partial charge is 0.0628 e. The van der Waals surface area contributed by atoms with Crippen LogP contribution in [0.25, 0.3) is 0 Å². The highest BCUT2D eigenvalue weighted by atomic mass is 14.5. The average molecular weight is 214 g/mol. The Morgan fingerprint density at radius 2 is 1.94 bits per heavy atom. The predicted octanol–water partition coefficient (Wildman–Crippen LogP) is 4.63. The zero-order valence-corrected chi connectivity index (χ0v) is 10.7. The van der Waals surface area contributed by atoms with Gasteiger partial charge in [0.1, 0.15) is 0 Å². The van der Waals surface area contributed by atoms with Gasteiger partial charge in [-0.05, 0) is 66.5 Å². The monoisotopic (exact) mass is 214 g/mol. The number of hydrogen-bond donors (Lipinski definition) is 0. The van der Waals surface area contributed by atoms with Crippen LogP contribution in [-0.2, 0) is 0 Å². The summed E-state index contributed by atoms with van der Waals surface area (Å²) in [4.78, 5) is 0. The Kier molecular flexibility index (Phi) is 2.34. The van der Waals surface area contributed by atoms with Gasteiger partial charge in [-0.25, -0.2) is 0 Å². The van der Waals surface area contributed by atoms with Crippen molar-refractivity contribution >= 4 is 0 Å². The van der Waals surface area contributed by atoms with Crippen LogP contribution in [-0.4, -0.2) is 0 Å². The van der Waals surface area contributed by atoms with E-state index in [0.717, 1.165) is 23.7 Å². The van der Waals surface area contributed by atoms with Crippen LogP contribution in [0.3, 0.4) is 0 Å². The van der Waals surface area contributed by atoms with Gasteiger partial charge >= 0.3 is 0 Å². The molecule has 0 nitrogen and oxygen atoms in total. The van der Waals surface area contributed by atoms with Crippen molar-refractivity contribution in [3.63, 3.8) is 0 Å². The highest BCUT2D eigenvalue weighted by Crippen LogP contribution is 2.59. The van der Waals surface area contributed by atoms with E-state index in [1.165, 1.54) is 19.3 Å². The second-order valence-corrected chi connectivity index (χ2v) is 6.16. The van der Waals surface area contributed by atoms with E-state index in [4.69, 9.17) is 0 Å². The van der Waals surface area contributed by atoms with E-state index in [1.807, 2.05) is 0 Å². The Bertz CT molecular complexity index is 402. The molecule has 0 radical (unpaired) electrons. The molecule has 16 heavy (non-hydrogen) atoms. The molecule has 0 N–H and O–H groups in total. The molecule has 2 aliphatic rings. The van der Waals surface area contributed by atoms with E-state index in [0.29, 0.717) is 0 Å². The molecule has 0 amide bonds. The van der Waals surface area contributed by atoms with E-state index in [-0.39, 0.29) is 0 Å². The first-order valence-electron chi connectivity index (χ1n) is 6.78. The highest BCUT2D eigenvalue weighted by molar-refractivity contribution is 5.47. The Labute approximate surface area is 99.1 Å². The first kappa shape index (κ1) is 10.4. The molecule has 0 spiro atoms. The lowest BCUT2D eigenvalue weighted by Gasteiger charge is -2.18. The molecule has 3 atom stereocenters. The quantitative estimate of drug-likeness (QED) is 0.673. The maximum atomic E-state index is 2.39. The van der Waals surface area contributed by atoms with Crippen molar-refractivity contribution in [2.24, 2.45) is 11.8 Å². The molecule has 0 aliphatic heterocycles. The van der Waals surface area contributed by atoms with Crippen molar-refractivity contribution in [3.05, 3.63) is 34.9 Å². The fourth-order valence-electron chi connectivity index (χ4n) is 4.22. The van der Waals surface area contributed by atoms with Crippen LogP contribution in [0.2, 0.25) is 0 Å². The fourth-order valence-corrected chi connectivity index (χ4v) is 4.22. The topological polar surface area (TPSA) is 0 Å². The normalized spacial score (nSPS) is 31.1. The number of rotatable bonds is 2. The molecule has 0 heteroatoms. The van der Waals surface area contributed by atoms with Gasteiger partial charge in [-0.2, -0.15) is 0 Å². The first-order valence-corrected chi connectivity index (χ1v) is 6.78. The SMILES string of the molecule is Cc1cccc2c1C1CCC2C1CC(C)C. The maximum absolute atomic E-state index is 2.39. The molecular weight excluding hydrogens is 192 g/mol. The van der Waals surface area contributed by atoms with Gasteiger partial charge in [-0.3, -0.25) is 0 Å². The van der Waals surface area contributed by atoms with Gasteiger partial charge in [0.2, 0.25) is 0 Å². The van der Waals surface area contributed by atoms with E-state index in [9.17, 15) is 0 Å². The molecule has 1 saturated carbocycles. The van der Waals surface area contributed by atoms with E-state index in [1.54, 1.807) is 16.7 Å². The smallest absolute Gasteiger partial charge is 0.0122 e. The molecule has 0 aromatic heterocycles. The van der Waals surface area contributed by atoms with Gasteiger partial charge in [0.15, 0.2) is 0 Å². The summed E-state index contributed by atoms with van der Waals surface area (Å²) in [6.07, 6.45) is 4.31. The van der Waals surface area contributed by atoms with Crippen LogP contribution in [0, 0.1) is 18.8 Å². The summed E-state index contributed by atoms with van der Waals surface area (Å²) in [5.41, 5.74) is 4.96. The van der Waals surface area contributed by atoms with Gasteiger partial charge in [0.05, 0.1) is 0 Å². The minimum atomic E-state index is 0.850. The lowest BCUT2D eigenvalue weighted by atomic mass is 9.86. The van der Waals surface area contributed by atoms with Crippen LogP contribution < -0.4 is 0 Å². The van der Waals surface area contributed by atoms with Gasteiger partial charge in [-0.15, -0.1) is 0 Å². The van der Waals surface area contributed by atoms with Crippen LogP contribution in [0.1, 0.15) is 61.6 Å². The van der Waals surface area contributed by atoms with Crippen LogP contribution >= 0.6 is 0 Å². The Morgan fingerprint density at radius 1 is 1.19 bits per heavy atom. The summed E-state index contributed by atoms with van der Waals surface area (Å²) in [6, 6.07) is 6.94. The van der Waals surface area contributed by atoms with Crippen molar-refractivity contribution in [3.8, 4) is 0 Å². The molecule has 1 aromatic rings. The zero-order valence-electron chi connectivity index (χ0n) is 10.7. The summed E-state index contributed by atoms with van der Waals surface area (Å²) < 4.78 is 0. The van der Waals surface area contributed by atoms with Crippen molar-refractivity contribution < 1.29 is 0 Å². The lowest BCUT2D eigenvalue weighted by Crippen LogP contribution is -2.07. The summed E-state index contributed by atoms with van der Waals surface area (Å²) in [5.74, 6) is 3.59. The zero-order chi connectivity index (χ0) is 11.3. The summed E-state index contributed by atoms with van der Waals surface area (Å²) in [6.45, 7) is 7.04. The summed E-state index contributed by atoms with van der Waals surface area (Å²) in [7, 11) is 0. The molecule has 0 heterocycles. The average Bonchev–Trinajstić information content (AvgIpc) is 2.74. The third-order valence-corrected chi connectivity index (χ3v) is 4.69. The second-order valence-electron chi connectivity index (χ2n) is 6.16. The van der Waals surface area contributed by atoms with E-state index < -0.39 is 0 Å². The Balaban J connectivity index is 2.00. The van der Waals surface area contributed by atoms with Crippen molar-refractivity contribution in [2.45, 2.75) is 51.9 Å². The van der Waals surface area contributed by atoms with Crippen LogP contribution in [0.15, 0.2) is 18.2 Å². The molecule has 0 saturated heterocycles. The highest BCUT2D eigenvalue weighted by Gasteiger charge is 2.45. The number of benzene rings is 1. The standard InChI is InChI=1S/C16H22/c1-10(2)9-15-12-7-8-14(15)16-11(3)5-4-6-13(12)16/h4-6,10,12,14-15H,7-9H2,1-3H3. The minimum Gasteiger partial charge on any atom is -0.0628 e. The molecule has 86 valence electrons. The van der Waals surface area contributed by atoms with Gasteiger partial charge < -0.3 is 0 Å². The lowest BCUT2D eigenvalue weighted by molar-refractivity contribution is 0.379. The molecule has 3 rings (SSSR count). The van der Waals surface area contributed by atoms with Crippen molar-refractivity contribution in [1.82, 2.24) is 0 Å². The summed E-state index contributed by atoms with van der Waals surface area (Å²) >= 11 is 0. The van der Waals surface area contributed by atoms with Crippen molar-refractivity contribution in [2.75, 3.05) is 0 Å². The fraction of sp³-hybridized carbons (Fsp3) is 0.625. The maximum Gasteiger partial charge on any atom is -0.0122 e. The third kappa shape index (κ3) is 1.35. The molecule has 3 unspecified atom stereocenters. The van der Waals surface area contributed by atoms with E-state index in [2.05, 4.69) is 39.0 Å².